The van der Waals surface area contributed by atoms with E-state index in [1.807, 2.05) is 0 Å². The number of rotatable bonds is 12. The number of alkyl halides is 3. The number of aromatic nitrogens is 4. The summed E-state index contributed by atoms with van der Waals surface area (Å²) in [6.45, 7) is 7.17. The van der Waals surface area contributed by atoms with Crippen LogP contribution in [0.3, 0.4) is 0 Å². The van der Waals surface area contributed by atoms with Crippen LogP contribution in [0.25, 0.3) is 5.82 Å². The Morgan fingerprint density at radius 1 is 1.20 bits per heavy atom. The maximum atomic E-state index is 13.9. The molecule has 1 amide bonds. The number of nitrogens with two attached hydrogens (primary N) is 1. The number of carbonyl (C=O) groups excluding carboxylic acids is 1. The summed E-state index contributed by atoms with van der Waals surface area (Å²) in [5.41, 5.74) is 4.15. The van der Waals surface area contributed by atoms with Gasteiger partial charge < -0.3 is 15.4 Å². The molecule has 14 heteroatoms. The van der Waals surface area contributed by atoms with Crippen LogP contribution in [-0.4, -0.2) is 62.4 Å². The summed E-state index contributed by atoms with van der Waals surface area (Å²) in [7, 11) is -0.965. The maximum Gasteiger partial charge on any atom is 0.394 e. The van der Waals surface area contributed by atoms with E-state index in [1.165, 1.54) is 10.7 Å². The fourth-order valence-electron chi connectivity index (χ4n) is 5.90. The van der Waals surface area contributed by atoms with Crippen molar-refractivity contribution in [2.75, 3.05) is 24.6 Å². The average molecular weight is 650 g/mol. The normalized spacial score (nSPS) is 19.5. The summed E-state index contributed by atoms with van der Waals surface area (Å²) in [6, 6.07) is 9.36. The third-order valence-electron chi connectivity index (χ3n) is 8.57. The number of nitrogens with zero attached hydrogens (tertiary/aromatic N) is 5. The van der Waals surface area contributed by atoms with Crippen molar-refractivity contribution in [1.29, 1.82) is 0 Å². The monoisotopic (exact) mass is 649 g/mol. The lowest BCUT2D eigenvalue weighted by molar-refractivity contribution is -0.190. The van der Waals surface area contributed by atoms with Crippen molar-refractivity contribution in [3.05, 3.63) is 54.1 Å². The maximum absolute atomic E-state index is 13.9. The Morgan fingerprint density at radius 3 is 2.64 bits per heavy atom. The van der Waals surface area contributed by atoms with Gasteiger partial charge in [-0.1, -0.05) is 6.07 Å². The molecule has 1 aliphatic carbocycles. The second-order valence-corrected chi connectivity index (χ2v) is 14.0. The summed E-state index contributed by atoms with van der Waals surface area (Å²) in [6.07, 6.45) is 0.245. The molecule has 45 heavy (non-hydrogen) atoms. The number of carbonyl (C=O) groups is 1. The Bertz CT molecular complexity index is 1550. The van der Waals surface area contributed by atoms with Crippen LogP contribution in [0.5, 0.6) is 5.88 Å². The van der Waals surface area contributed by atoms with E-state index in [0.29, 0.717) is 41.2 Å². The predicted molar refractivity (Wildman–Crippen MR) is 166 cm³/mol. The van der Waals surface area contributed by atoms with Crippen molar-refractivity contribution in [1.82, 2.24) is 24.5 Å². The van der Waals surface area contributed by atoms with E-state index in [9.17, 15) is 22.4 Å². The van der Waals surface area contributed by atoms with Crippen LogP contribution in [0.1, 0.15) is 69.7 Å². The van der Waals surface area contributed by atoms with Crippen LogP contribution in [0.4, 0.5) is 23.4 Å². The third-order valence-corrected chi connectivity index (χ3v) is 10.1. The fraction of sp³-hybridized carbons (Fsp3) is 0.516. The van der Waals surface area contributed by atoms with Gasteiger partial charge in [-0.25, -0.2) is 14.6 Å². The largest absolute Gasteiger partial charge is 0.477 e. The molecule has 1 aliphatic heterocycles. The molecule has 2 unspecified atom stereocenters. The van der Waals surface area contributed by atoms with Gasteiger partial charge in [0.2, 0.25) is 11.8 Å². The fourth-order valence-corrected chi connectivity index (χ4v) is 7.08. The summed E-state index contributed by atoms with van der Waals surface area (Å²) < 4.78 is 63.8. The molecule has 5 rings (SSSR count). The smallest absolute Gasteiger partial charge is 0.394 e. The van der Waals surface area contributed by atoms with Gasteiger partial charge >= 0.3 is 6.18 Å². The second kappa shape index (κ2) is 13.1. The van der Waals surface area contributed by atoms with Crippen molar-refractivity contribution >= 4 is 27.8 Å². The highest BCUT2D eigenvalue weighted by molar-refractivity contribution is 8.13. The summed E-state index contributed by atoms with van der Waals surface area (Å²) >= 11 is 0. The molecule has 3 aromatic rings. The van der Waals surface area contributed by atoms with E-state index < -0.39 is 28.2 Å². The molecule has 2 atom stereocenters. The highest BCUT2D eigenvalue weighted by Crippen LogP contribution is 2.59. The lowest BCUT2D eigenvalue weighted by Crippen LogP contribution is -2.40. The number of hydrogen-bond donors (Lipinski definition) is 2. The first-order valence-corrected chi connectivity index (χ1v) is 16.3. The molecule has 4 heterocycles. The summed E-state index contributed by atoms with van der Waals surface area (Å²) in [4.78, 5) is 24.8. The number of pyridine rings is 2. The molecule has 3 aromatic heterocycles. The Morgan fingerprint density at radius 2 is 1.98 bits per heavy atom. The lowest BCUT2D eigenvalue weighted by Gasteiger charge is -2.34. The minimum atomic E-state index is -4.24. The number of halogens is 4. The van der Waals surface area contributed by atoms with Gasteiger partial charge in [-0.15, -0.1) is 5.10 Å². The van der Waals surface area contributed by atoms with Crippen molar-refractivity contribution < 1.29 is 27.1 Å². The number of anilines is 1. The number of hydrogen-bond acceptors (Lipinski definition) is 7. The van der Waals surface area contributed by atoms with Gasteiger partial charge in [-0.05, 0) is 112 Å². The van der Waals surface area contributed by atoms with Crippen molar-refractivity contribution in [3.8, 4) is 11.7 Å². The Hall–Kier alpha value is -3.52. The molecule has 9 nitrogen and oxygen atoms in total. The van der Waals surface area contributed by atoms with Crippen molar-refractivity contribution in [3.63, 3.8) is 0 Å². The zero-order valence-electron chi connectivity index (χ0n) is 25.6. The van der Waals surface area contributed by atoms with Gasteiger partial charge in [0.15, 0.2) is 5.82 Å². The van der Waals surface area contributed by atoms with Crippen LogP contribution in [-0.2, 0) is 0 Å². The summed E-state index contributed by atoms with van der Waals surface area (Å²) in [5.74, 6) is 0.407. The lowest BCUT2D eigenvalue weighted by atomic mass is 9.93. The minimum Gasteiger partial charge on any atom is -0.477 e. The van der Waals surface area contributed by atoms with E-state index in [2.05, 4.69) is 33.6 Å². The number of amides is 1. The molecule has 3 N–H and O–H groups in total. The van der Waals surface area contributed by atoms with Crippen molar-refractivity contribution in [2.24, 2.45) is 17.1 Å². The first kappa shape index (κ1) is 32.9. The Kier molecular flexibility index (Phi) is 9.54. The highest BCUT2D eigenvalue weighted by Gasteiger charge is 2.62. The minimum absolute atomic E-state index is 0.100. The molecule has 2 aliphatic rings. The zero-order valence-corrected chi connectivity index (χ0v) is 26.4. The van der Waals surface area contributed by atoms with Gasteiger partial charge in [0.1, 0.15) is 10.8 Å². The molecule has 1 saturated carbocycles. The number of nitrogens with one attached hydrogen (secondary N) is 1. The summed E-state index contributed by atoms with van der Waals surface area (Å²) in [5, 5.41) is 6.55. The Balaban J connectivity index is 1.41. The van der Waals surface area contributed by atoms with Crippen molar-refractivity contribution in [2.45, 2.75) is 76.0 Å². The van der Waals surface area contributed by atoms with Crippen LogP contribution in [0, 0.1) is 17.3 Å². The first-order chi connectivity index (χ1) is 21.4. The molecule has 0 aromatic carbocycles. The van der Waals surface area contributed by atoms with Gasteiger partial charge in [0.05, 0.1) is 17.6 Å². The first-order valence-electron chi connectivity index (χ1n) is 15.1. The molecule has 0 spiro atoms. The number of ether oxygens (including phenoxy) is 1. The van der Waals surface area contributed by atoms with Gasteiger partial charge in [0.25, 0.3) is 5.91 Å². The molecule has 0 bridgehead atoms. The van der Waals surface area contributed by atoms with Gasteiger partial charge in [-0.3, -0.25) is 9.52 Å². The van der Waals surface area contributed by atoms with Crippen LogP contribution >= 0.6 is 10.7 Å². The molecular weight excluding hydrogens is 610 g/mol. The quantitative estimate of drug-likeness (QED) is 0.140. The van der Waals surface area contributed by atoms with E-state index in [1.54, 1.807) is 48.8 Å². The van der Waals surface area contributed by atoms with Gasteiger partial charge in [-0.2, -0.15) is 17.6 Å². The Labute approximate surface area is 262 Å². The standard InChI is InChI=1S/C31H39F4N7O2S/c1-4-45(26-9-5-8-23(32)37-26)40-28(43)22-10-11-24(38-27(22)41-20-21(7-6-16-36)19-29(41,2)3)42-17-12-25(39-42)44-18-15-30(13-14-30)31(33,34)35/h4-5,8-12,17,21H,6-7,13-16,18-20,36H2,1-3H3,(H,40,43). The SMILES string of the molecule is C/C=S(/NC(=O)c1ccc(-n2ccc(OCCC3(C(F)(F)F)CC3)n2)nc1N1CC(CCCN)CC1(C)C)c1cccc(F)n1. The van der Waals surface area contributed by atoms with E-state index in [4.69, 9.17) is 15.5 Å². The molecule has 1 saturated heterocycles. The molecule has 2 fully saturated rings. The third kappa shape index (κ3) is 7.32. The van der Waals surface area contributed by atoms with E-state index >= 15 is 0 Å². The van der Waals surface area contributed by atoms with Crippen LogP contribution in [0.2, 0.25) is 0 Å². The predicted octanol–water partition coefficient (Wildman–Crippen LogP) is 6.05. The molecular formula is C31H39F4N7O2S. The van der Waals surface area contributed by atoms with E-state index in [-0.39, 0.29) is 43.2 Å². The van der Waals surface area contributed by atoms with Crippen LogP contribution < -0.4 is 20.1 Å². The average Bonchev–Trinajstić information content (AvgIpc) is 3.54. The highest BCUT2D eigenvalue weighted by atomic mass is 32.2. The van der Waals surface area contributed by atoms with Gasteiger partial charge in [0, 0.05) is 24.3 Å². The van der Waals surface area contributed by atoms with E-state index in [0.717, 1.165) is 19.3 Å². The topological polar surface area (TPSA) is 111 Å². The molecule has 244 valence electrons. The second-order valence-electron chi connectivity index (χ2n) is 12.2. The molecule has 0 radical (unpaired) electrons. The zero-order chi connectivity index (χ0) is 32.4. The van der Waals surface area contributed by atoms with Crippen LogP contribution in [0.15, 0.2) is 47.6 Å².